The molecule has 1 saturated heterocycles. The lowest BCUT2D eigenvalue weighted by Gasteiger charge is -2.26. The number of likely N-dealkylation sites (N-methyl/N-ethyl adjacent to an activating group) is 1. The molecule has 1 unspecified atom stereocenters. The van der Waals surface area contributed by atoms with Crippen molar-refractivity contribution < 1.29 is 13.9 Å². The average Bonchev–Trinajstić information content (AvgIpc) is 3.09. The zero-order valence-electron chi connectivity index (χ0n) is 21.4. The fraction of sp³-hybridized carbons (Fsp3) is 0.393. The number of nitrogens with zero attached hydrogens (tertiary/aromatic N) is 4. The van der Waals surface area contributed by atoms with E-state index in [1.54, 1.807) is 51.4 Å². The molecule has 1 fully saturated rings. The molecule has 0 N–H and O–H groups in total. The molecule has 0 amide bonds. The summed E-state index contributed by atoms with van der Waals surface area (Å²) in [6.45, 7) is 6.52. The maximum Gasteiger partial charge on any atom is 0.299 e. The second kappa shape index (κ2) is 12.3. The molecule has 0 saturated carbocycles. The number of benzene rings is 1. The lowest BCUT2D eigenvalue weighted by Crippen LogP contribution is -2.37. The van der Waals surface area contributed by atoms with Crippen molar-refractivity contribution in [3.8, 4) is 29.0 Å². The second-order valence-electron chi connectivity index (χ2n) is 8.91. The Balaban J connectivity index is 2.11. The van der Waals surface area contributed by atoms with Crippen molar-refractivity contribution in [2.45, 2.75) is 38.6 Å². The van der Waals surface area contributed by atoms with Gasteiger partial charge in [-0.1, -0.05) is 31.6 Å². The van der Waals surface area contributed by atoms with Gasteiger partial charge < -0.3 is 14.4 Å². The van der Waals surface area contributed by atoms with Crippen molar-refractivity contribution in [2.75, 3.05) is 27.3 Å². The summed E-state index contributed by atoms with van der Waals surface area (Å²) in [5, 5.41) is 9.17. The molecular formula is C28H33FN4O3. The normalized spacial score (nSPS) is 17.6. The van der Waals surface area contributed by atoms with Gasteiger partial charge in [-0.25, -0.2) is 4.39 Å². The van der Waals surface area contributed by atoms with E-state index in [9.17, 15) is 9.18 Å². The molecule has 1 aromatic carbocycles. The first kappa shape index (κ1) is 26.9. The number of ether oxygens (including phenoxy) is 2. The Bertz CT molecular complexity index is 1260. The summed E-state index contributed by atoms with van der Waals surface area (Å²) >= 11 is 0. The predicted octanol–water partition coefficient (Wildman–Crippen LogP) is 5.05. The quantitative estimate of drug-likeness (QED) is 0.379. The highest BCUT2D eigenvalue weighted by molar-refractivity contribution is 5.79. The van der Waals surface area contributed by atoms with Crippen molar-refractivity contribution in [3.05, 3.63) is 70.4 Å². The molecule has 0 aliphatic carbocycles. The molecule has 2 aromatic rings. The molecular weight excluding hydrogens is 459 g/mol. The van der Waals surface area contributed by atoms with Gasteiger partial charge in [0, 0.05) is 13.1 Å². The van der Waals surface area contributed by atoms with Crippen LogP contribution in [-0.4, -0.2) is 47.8 Å². The minimum Gasteiger partial charge on any atom is -0.497 e. The molecule has 1 aromatic heterocycles. The number of methoxy groups -OCH3 is 1. The highest BCUT2D eigenvalue weighted by Crippen LogP contribution is 2.29. The molecule has 190 valence electrons. The van der Waals surface area contributed by atoms with Gasteiger partial charge in [0.15, 0.2) is 0 Å². The van der Waals surface area contributed by atoms with E-state index in [4.69, 9.17) is 14.7 Å². The van der Waals surface area contributed by atoms with E-state index in [-0.39, 0.29) is 28.9 Å². The molecule has 0 spiro atoms. The van der Waals surface area contributed by atoms with Crippen LogP contribution in [0.25, 0.3) is 16.7 Å². The van der Waals surface area contributed by atoms with Crippen LogP contribution < -0.4 is 15.0 Å². The number of aromatic nitrogens is 2. The molecule has 0 bridgehead atoms. The maximum atomic E-state index is 14.7. The van der Waals surface area contributed by atoms with Gasteiger partial charge in [0.2, 0.25) is 0 Å². The van der Waals surface area contributed by atoms with Crippen LogP contribution in [0.3, 0.4) is 0 Å². The maximum absolute atomic E-state index is 14.7. The largest absolute Gasteiger partial charge is 0.497 e. The first-order chi connectivity index (χ1) is 17.3. The standard InChI is InChI=1S/C28H33FN4O3/c1-6-20(17-30)24(29)16-19(2)26-25(21-11-13-23(35-5)14-12-21)27(34)33(4)28(31-26)36-18-22-10-8-7-9-15-32(22)3/h6,11-14,16,22H,1,7-10,15,18H2,2-5H3/b19-16+,24-20-. The molecule has 1 aliphatic rings. The van der Waals surface area contributed by atoms with E-state index < -0.39 is 5.83 Å². The van der Waals surface area contributed by atoms with E-state index in [2.05, 4.69) is 23.5 Å². The van der Waals surface area contributed by atoms with E-state index >= 15 is 0 Å². The molecule has 1 aliphatic heterocycles. The van der Waals surface area contributed by atoms with Crippen molar-refractivity contribution in [1.82, 2.24) is 14.5 Å². The number of hydrogen-bond donors (Lipinski definition) is 0. The third-order valence-corrected chi connectivity index (χ3v) is 6.50. The van der Waals surface area contributed by atoms with Crippen molar-refractivity contribution >= 4 is 5.57 Å². The number of allylic oxidation sites excluding steroid dienone is 5. The van der Waals surface area contributed by atoms with Gasteiger partial charge in [-0.2, -0.15) is 10.2 Å². The van der Waals surface area contributed by atoms with Gasteiger partial charge in [-0.15, -0.1) is 0 Å². The third-order valence-electron chi connectivity index (χ3n) is 6.50. The predicted molar refractivity (Wildman–Crippen MR) is 139 cm³/mol. The van der Waals surface area contributed by atoms with E-state index in [0.29, 0.717) is 29.1 Å². The van der Waals surface area contributed by atoms with Crippen molar-refractivity contribution in [3.63, 3.8) is 0 Å². The zero-order chi connectivity index (χ0) is 26.2. The zero-order valence-corrected chi connectivity index (χ0v) is 21.4. The van der Waals surface area contributed by atoms with Gasteiger partial charge in [0.1, 0.15) is 24.3 Å². The van der Waals surface area contributed by atoms with Crippen LogP contribution in [0.1, 0.15) is 38.3 Å². The Labute approximate surface area is 211 Å². The van der Waals surface area contributed by atoms with E-state index in [1.807, 2.05) is 0 Å². The number of hydrogen-bond acceptors (Lipinski definition) is 6. The minimum atomic E-state index is -0.754. The Morgan fingerprint density at radius 3 is 2.64 bits per heavy atom. The van der Waals surface area contributed by atoms with Crippen molar-refractivity contribution in [2.24, 2.45) is 7.05 Å². The highest BCUT2D eigenvalue weighted by Gasteiger charge is 2.22. The molecule has 2 heterocycles. The second-order valence-corrected chi connectivity index (χ2v) is 8.91. The number of halogens is 1. The smallest absolute Gasteiger partial charge is 0.299 e. The molecule has 1 atom stereocenters. The van der Waals surface area contributed by atoms with Crippen molar-refractivity contribution in [1.29, 1.82) is 5.26 Å². The topological polar surface area (TPSA) is 80.4 Å². The number of likely N-dealkylation sites (tertiary alicyclic amines) is 1. The van der Waals surface area contributed by atoms with Gasteiger partial charge in [-0.05, 0) is 68.8 Å². The van der Waals surface area contributed by atoms with Crippen LogP contribution in [0.15, 0.2) is 59.2 Å². The fourth-order valence-electron chi connectivity index (χ4n) is 4.25. The summed E-state index contributed by atoms with van der Waals surface area (Å²) in [6, 6.07) is 9.16. The monoisotopic (exact) mass is 492 g/mol. The van der Waals surface area contributed by atoms with Crippen LogP contribution in [0.2, 0.25) is 0 Å². The Morgan fingerprint density at radius 2 is 2.00 bits per heavy atom. The molecule has 36 heavy (non-hydrogen) atoms. The van der Waals surface area contributed by atoms with Gasteiger partial charge in [-0.3, -0.25) is 9.36 Å². The van der Waals surface area contributed by atoms with Crippen LogP contribution in [0.5, 0.6) is 11.8 Å². The summed E-state index contributed by atoms with van der Waals surface area (Å²) in [4.78, 5) is 20.5. The first-order valence-electron chi connectivity index (χ1n) is 12.0. The molecule has 0 radical (unpaired) electrons. The summed E-state index contributed by atoms with van der Waals surface area (Å²) in [5.74, 6) is -0.112. The molecule has 7 nitrogen and oxygen atoms in total. The lowest BCUT2D eigenvalue weighted by atomic mass is 10.0. The van der Waals surface area contributed by atoms with Gasteiger partial charge in [0.05, 0.1) is 23.9 Å². The Hall–Kier alpha value is -3.70. The highest BCUT2D eigenvalue weighted by atomic mass is 19.1. The molecule has 8 heteroatoms. The van der Waals surface area contributed by atoms with E-state index in [1.165, 1.54) is 17.1 Å². The summed E-state index contributed by atoms with van der Waals surface area (Å²) < 4.78 is 27.4. The van der Waals surface area contributed by atoms with Crippen LogP contribution >= 0.6 is 0 Å². The first-order valence-corrected chi connectivity index (χ1v) is 12.0. The lowest BCUT2D eigenvalue weighted by molar-refractivity contribution is 0.150. The average molecular weight is 493 g/mol. The van der Waals surface area contributed by atoms with Crippen LogP contribution in [-0.2, 0) is 7.05 Å². The Kier molecular flexibility index (Phi) is 9.20. The number of rotatable bonds is 8. The Morgan fingerprint density at radius 1 is 1.28 bits per heavy atom. The SMILES string of the molecule is C=C/C(C#N)=C(F)\C=C(/C)c1nc(OCC2CCCCCN2C)n(C)c(=O)c1-c1ccc(OC)cc1. The number of nitriles is 1. The summed E-state index contributed by atoms with van der Waals surface area (Å²) in [5.41, 5.74) is 1.05. The fourth-order valence-corrected chi connectivity index (χ4v) is 4.25. The minimum absolute atomic E-state index is 0.159. The molecule has 3 rings (SSSR count). The van der Waals surface area contributed by atoms with Gasteiger partial charge >= 0.3 is 0 Å². The van der Waals surface area contributed by atoms with Crippen LogP contribution in [0.4, 0.5) is 4.39 Å². The summed E-state index contributed by atoms with van der Waals surface area (Å²) in [6.07, 6.45) is 6.83. The summed E-state index contributed by atoms with van der Waals surface area (Å²) in [7, 11) is 5.26. The van der Waals surface area contributed by atoms with Crippen LogP contribution in [0, 0.1) is 11.3 Å². The third kappa shape index (κ3) is 6.10. The van der Waals surface area contributed by atoms with Gasteiger partial charge in [0.25, 0.3) is 11.6 Å². The van der Waals surface area contributed by atoms with E-state index in [0.717, 1.165) is 31.9 Å².